The summed E-state index contributed by atoms with van der Waals surface area (Å²) in [5, 5.41) is 9.15. The summed E-state index contributed by atoms with van der Waals surface area (Å²) in [5.41, 5.74) is 0.782. The van der Waals surface area contributed by atoms with Crippen molar-refractivity contribution in [3.63, 3.8) is 0 Å². The van der Waals surface area contributed by atoms with E-state index in [-0.39, 0.29) is 5.91 Å². The van der Waals surface area contributed by atoms with Crippen molar-refractivity contribution in [2.45, 2.75) is 12.8 Å². The summed E-state index contributed by atoms with van der Waals surface area (Å²) in [4.78, 5) is 16.0. The zero-order valence-electron chi connectivity index (χ0n) is 14.8. The van der Waals surface area contributed by atoms with Gasteiger partial charge in [0.05, 0.1) is 13.2 Å². The maximum Gasteiger partial charge on any atom is 0.226 e. The van der Waals surface area contributed by atoms with Crippen LogP contribution in [0.25, 0.3) is 0 Å². The molecule has 1 amide bonds. The largest absolute Gasteiger partial charge is 0.382 e. The monoisotopic (exact) mass is 414 g/mol. The molecule has 0 saturated carbocycles. The van der Waals surface area contributed by atoms with Crippen LogP contribution in [0, 0.1) is 0 Å². The second kappa shape index (κ2) is 13.6. The Morgan fingerprint density at radius 3 is 2.52 bits per heavy atom. The maximum atomic E-state index is 11.9. The van der Waals surface area contributed by atoms with Crippen molar-refractivity contribution in [3.05, 3.63) is 28.7 Å². The number of rotatable bonds is 11. The molecule has 0 heterocycles. The van der Waals surface area contributed by atoms with Crippen LogP contribution in [0.5, 0.6) is 0 Å². The predicted molar refractivity (Wildman–Crippen MR) is 104 cm³/mol. The van der Waals surface area contributed by atoms with Crippen molar-refractivity contribution in [3.8, 4) is 0 Å². The van der Waals surface area contributed by atoms with Gasteiger partial charge in [0.25, 0.3) is 0 Å². The lowest BCUT2D eigenvalue weighted by Crippen LogP contribution is -2.39. The van der Waals surface area contributed by atoms with Crippen molar-refractivity contribution in [1.29, 1.82) is 0 Å². The van der Waals surface area contributed by atoms with Crippen LogP contribution >= 0.6 is 15.9 Å². The SMILES string of the molecule is CN=C(NCCCOCCOC)NCCC(=O)Nc1ccc(Br)cc1. The van der Waals surface area contributed by atoms with Crippen molar-refractivity contribution in [2.24, 2.45) is 4.99 Å². The Morgan fingerprint density at radius 1 is 1.12 bits per heavy atom. The number of amides is 1. The van der Waals surface area contributed by atoms with Gasteiger partial charge < -0.3 is 25.4 Å². The van der Waals surface area contributed by atoms with Crippen LogP contribution in [0.4, 0.5) is 5.69 Å². The molecule has 3 N–H and O–H groups in total. The average Bonchev–Trinajstić information content (AvgIpc) is 2.61. The number of hydrogen-bond donors (Lipinski definition) is 3. The van der Waals surface area contributed by atoms with Crippen LogP contribution in [-0.2, 0) is 14.3 Å². The summed E-state index contributed by atoms with van der Waals surface area (Å²) in [7, 11) is 3.35. The first kappa shape index (κ1) is 21.4. The molecular weight excluding hydrogens is 388 g/mol. The minimum atomic E-state index is -0.0446. The smallest absolute Gasteiger partial charge is 0.226 e. The second-order valence-corrected chi connectivity index (χ2v) is 6.11. The van der Waals surface area contributed by atoms with Gasteiger partial charge in [0.15, 0.2) is 5.96 Å². The van der Waals surface area contributed by atoms with Crippen molar-refractivity contribution < 1.29 is 14.3 Å². The van der Waals surface area contributed by atoms with Crippen LogP contribution in [-0.4, -0.2) is 58.9 Å². The summed E-state index contributed by atoms with van der Waals surface area (Å²) in [6.45, 7) is 3.14. The molecule has 1 aromatic rings. The van der Waals surface area contributed by atoms with E-state index in [1.54, 1.807) is 14.2 Å². The van der Waals surface area contributed by atoms with Crippen LogP contribution in [0.3, 0.4) is 0 Å². The minimum Gasteiger partial charge on any atom is -0.382 e. The molecule has 0 radical (unpaired) electrons. The van der Waals surface area contributed by atoms with Gasteiger partial charge in [-0.2, -0.15) is 0 Å². The van der Waals surface area contributed by atoms with E-state index in [2.05, 4.69) is 36.9 Å². The normalized spacial score (nSPS) is 11.2. The van der Waals surface area contributed by atoms with Gasteiger partial charge >= 0.3 is 0 Å². The van der Waals surface area contributed by atoms with Gasteiger partial charge in [-0.15, -0.1) is 0 Å². The van der Waals surface area contributed by atoms with Gasteiger partial charge in [-0.05, 0) is 30.7 Å². The quantitative estimate of drug-likeness (QED) is 0.293. The van der Waals surface area contributed by atoms with Gasteiger partial charge in [0, 0.05) is 50.4 Å². The molecule has 7 nitrogen and oxygen atoms in total. The van der Waals surface area contributed by atoms with Gasteiger partial charge in [0.1, 0.15) is 0 Å². The molecule has 8 heteroatoms. The Bertz CT molecular complexity index is 523. The van der Waals surface area contributed by atoms with Crippen LogP contribution < -0.4 is 16.0 Å². The fourth-order valence-corrected chi connectivity index (χ4v) is 2.16. The fourth-order valence-electron chi connectivity index (χ4n) is 1.90. The lowest BCUT2D eigenvalue weighted by molar-refractivity contribution is -0.116. The van der Waals surface area contributed by atoms with E-state index >= 15 is 0 Å². The number of benzene rings is 1. The van der Waals surface area contributed by atoms with E-state index < -0.39 is 0 Å². The summed E-state index contributed by atoms with van der Waals surface area (Å²) >= 11 is 3.36. The van der Waals surface area contributed by atoms with E-state index in [0.29, 0.717) is 38.7 Å². The molecule has 0 atom stereocenters. The molecule has 0 aliphatic rings. The molecule has 0 aliphatic carbocycles. The highest BCUT2D eigenvalue weighted by Gasteiger charge is 2.03. The second-order valence-electron chi connectivity index (χ2n) is 5.19. The number of aliphatic imine (C=N–C) groups is 1. The van der Waals surface area contributed by atoms with Gasteiger partial charge in [0.2, 0.25) is 5.91 Å². The minimum absolute atomic E-state index is 0.0446. The molecule has 0 spiro atoms. The van der Waals surface area contributed by atoms with E-state index in [1.165, 1.54) is 0 Å². The standard InChI is InChI=1S/C17H27BrN4O3/c1-19-17(20-9-3-11-25-13-12-24-2)21-10-8-16(23)22-15-6-4-14(18)5-7-15/h4-7H,3,8-13H2,1-2H3,(H,22,23)(H2,19,20,21). The molecule has 1 aromatic carbocycles. The maximum absolute atomic E-state index is 11.9. The Kier molecular flexibility index (Phi) is 11.7. The number of anilines is 1. The molecular formula is C17H27BrN4O3. The molecule has 0 fully saturated rings. The molecule has 0 aromatic heterocycles. The van der Waals surface area contributed by atoms with Crippen molar-refractivity contribution in [1.82, 2.24) is 10.6 Å². The van der Waals surface area contributed by atoms with Crippen LogP contribution in [0.1, 0.15) is 12.8 Å². The van der Waals surface area contributed by atoms with Crippen LogP contribution in [0.15, 0.2) is 33.7 Å². The molecule has 0 unspecified atom stereocenters. The van der Waals surface area contributed by atoms with Gasteiger partial charge in [-0.3, -0.25) is 9.79 Å². The zero-order valence-corrected chi connectivity index (χ0v) is 16.4. The molecule has 25 heavy (non-hydrogen) atoms. The summed E-state index contributed by atoms with van der Waals surface area (Å²) in [6.07, 6.45) is 1.23. The number of hydrogen-bond acceptors (Lipinski definition) is 4. The lowest BCUT2D eigenvalue weighted by atomic mass is 10.3. The molecule has 1 rings (SSSR count). The van der Waals surface area contributed by atoms with Gasteiger partial charge in [-0.25, -0.2) is 0 Å². The van der Waals surface area contributed by atoms with E-state index in [1.807, 2.05) is 24.3 Å². The Labute approximate surface area is 157 Å². The summed E-state index contributed by atoms with van der Waals surface area (Å²) in [5.74, 6) is 0.630. The van der Waals surface area contributed by atoms with Crippen LogP contribution in [0.2, 0.25) is 0 Å². The number of methoxy groups -OCH3 is 1. The number of ether oxygens (including phenoxy) is 2. The Balaban J connectivity index is 2.11. The number of guanidine groups is 1. The third kappa shape index (κ3) is 10.8. The predicted octanol–water partition coefficient (Wildman–Crippen LogP) is 2.00. The zero-order chi connectivity index (χ0) is 18.3. The van der Waals surface area contributed by atoms with Gasteiger partial charge in [-0.1, -0.05) is 15.9 Å². The van der Waals surface area contributed by atoms with Crippen molar-refractivity contribution in [2.75, 3.05) is 52.4 Å². The number of nitrogens with one attached hydrogen (secondary N) is 3. The first-order valence-electron chi connectivity index (χ1n) is 8.22. The van der Waals surface area contributed by atoms with E-state index in [0.717, 1.165) is 23.1 Å². The fraction of sp³-hybridized carbons (Fsp3) is 0.529. The average molecular weight is 415 g/mol. The molecule has 0 bridgehead atoms. The highest BCUT2D eigenvalue weighted by Crippen LogP contribution is 2.14. The number of carbonyl (C=O) groups is 1. The molecule has 140 valence electrons. The topological polar surface area (TPSA) is 84.0 Å². The Hall–Kier alpha value is -1.64. The Morgan fingerprint density at radius 2 is 1.84 bits per heavy atom. The van der Waals surface area contributed by atoms with E-state index in [4.69, 9.17) is 9.47 Å². The summed E-state index contributed by atoms with van der Waals surface area (Å²) < 4.78 is 11.3. The third-order valence-corrected chi connectivity index (χ3v) is 3.71. The summed E-state index contributed by atoms with van der Waals surface area (Å²) in [6, 6.07) is 7.48. The first-order valence-corrected chi connectivity index (χ1v) is 9.01. The number of nitrogens with zero attached hydrogens (tertiary/aromatic N) is 1. The molecule has 0 aliphatic heterocycles. The highest BCUT2D eigenvalue weighted by atomic mass is 79.9. The number of carbonyl (C=O) groups excluding carboxylic acids is 1. The molecule has 0 saturated heterocycles. The van der Waals surface area contributed by atoms with E-state index in [9.17, 15) is 4.79 Å². The first-order chi connectivity index (χ1) is 12.2. The number of halogens is 1. The lowest BCUT2D eigenvalue weighted by Gasteiger charge is -2.12. The highest BCUT2D eigenvalue weighted by molar-refractivity contribution is 9.10. The third-order valence-electron chi connectivity index (χ3n) is 3.19. The van der Waals surface area contributed by atoms with Crippen molar-refractivity contribution >= 4 is 33.5 Å².